The first-order chi connectivity index (χ1) is 47.8. The van der Waals surface area contributed by atoms with Crippen LogP contribution in [0.5, 0.6) is 0 Å². The average Bonchev–Trinajstić information content (AvgIpc) is 1.12. The van der Waals surface area contributed by atoms with Gasteiger partial charge in [-0.3, -0.25) is 37.3 Å². The van der Waals surface area contributed by atoms with Crippen LogP contribution in [0.3, 0.4) is 0 Å². The van der Waals surface area contributed by atoms with Crippen molar-refractivity contribution in [1.29, 1.82) is 0 Å². The molecule has 19 heteroatoms. The summed E-state index contributed by atoms with van der Waals surface area (Å²) in [5.41, 5.74) is 0. The quantitative estimate of drug-likeness (QED) is 0.0222. The lowest BCUT2D eigenvalue weighted by Gasteiger charge is -2.21. The summed E-state index contributed by atoms with van der Waals surface area (Å²) in [7, 11) is -9.92. The summed E-state index contributed by atoms with van der Waals surface area (Å²) in [4.78, 5) is 73.0. The Morgan fingerprint density at radius 3 is 0.768 bits per heavy atom. The summed E-state index contributed by atoms with van der Waals surface area (Å²) in [5.74, 6) is 0.246. The van der Waals surface area contributed by atoms with Gasteiger partial charge in [0.15, 0.2) is 12.2 Å². The number of carbonyl (C=O) groups excluding carboxylic acids is 4. The van der Waals surface area contributed by atoms with Crippen LogP contribution in [0.2, 0.25) is 0 Å². The van der Waals surface area contributed by atoms with Gasteiger partial charge in [-0.15, -0.1) is 0 Å². The van der Waals surface area contributed by atoms with Gasteiger partial charge in [-0.25, -0.2) is 9.13 Å². The molecule has 17 nitrogen and oxygen atoms in total. The number of hydrogen-bond acceptors (Lipinski definition) is 15. The van der Waals surface area contributed by atoms with Crippen LogP contribution in [0, 0.1) is 17.8 Å². The molecule has 0 spiro atoms. The van der Waals surface area contributed by atoms with Crippen molar-refractivity contribution in [3.63, 3.8) is 0 Å². The molecule has 588 valence electrons. The molecule has 0 aromatic carbocycles. The lowest BCUT2D eigenvalue weighted by molar-refractivity contribution is -0.161. The van der Waals surface area contributed by atoms with E-state index in [0.717, 1.165) is 108 Å². The first-order valence-corrected chi connectivity index (χ1v) is 44.4. The highest BCUT2D eigenvalue weighted by Crippen LogP contribution is 2.45. The molecule has 0 radical (unpaired) electrons. The van der Waals surface area contributed by atoms with Gasteiger partial charge in [0.1, 0.15) is 19.3 Å². The molecule has 0 heterocycles. The maximum absolute atomic E-state index is 13.1. The van der Waals surface area contributed by atoms with E-state index in [1.807, 2.05) is 0 Å². The fourth-order valence-electron chi connectivity index (χ4n) is 12.3. The summed E-state index contributed by atoms with van der Waals surface area (Å²) >= 11 is 0. The summed E-state index contributed by atoms with van der Waals surface area (Å²) < 4.78 is 68.7. The average molecular weight is 1450 g/mol. The number of phosphoric acid groups is 2. The summed E-state index contributed by atoms with van der Waals surface area (Å²) in [6.45, 7) is 12.0. The van der Waals surface area contributed by atoms with E-state index in [4.69, 9.17) is 37.0 Å². The monoisotopic (exact) mass is 1450 g/mol. The molecule has 0 aliphatic heterocycles. The largest absolute Gasteiger partial charge is 0.472 e. The van der Waals surface area contributed by atoms with Crippen molar-refractivity contribution in [2.45, 2.75) is 433 Å². The van der Waals surface area contributed by atoms with Gasteiger partial charge in [0, 0.05) is 25.7 Å². The van der Waals surface area contributed by atoms with Crippen molar-refractivity contribution in [3.05, 3.63) is 0 Å². The number of carbonyl (C=O) groups is 4. The molecule has 6 atom stereocenters. The van der Waals surface area contributed by atoms with E-state index in [9.17, 15) is 43.2 Å². The lowest BCUT2D eigenvalue weighted by Crippen LogP contribution is -2.30. The highest BCUT2D eigenvalue weighted by atomic mass is 31.2. The number of unbranched alkanes of at least 4 members (excludes halogenated alkanes) is 45. The smallest absolute Gasteiger partial charge is 0.462 e. The van der Waals surface area contributed by atoms with E-state index in [1.54, 1.807) is 0 Å². The second-order valence-corrected chi connectivity index (χ2v) is 32.9. The zero-order chi connectivity index (χ0) is 73.0. The van der Waals surface area contributed by atoms with Crippen LogP contribution in [-0.4, -0.2) is 96.7 Å². The van der Waals surface area contributed by atoms with Crippen LogP contribution < -0.4 is 0 Å². The van der Waals surface area contributed by atoms with E-state index in [-0.39, 0.29) is 25.7 Å². The van der Waals surface area contributed by atoms with Gasteiger partial charge < -0.3 is 33.8 Å². The van der Waals surface area contributed by atoms with Crippen LogP contribution in [0.15, 0.2) is 0 Å². The molecule has 0 aliphatic rings. The van der Waals surface area contributed by atoms with Crippen LogP contribution in [0.1, 0.15) is 414 Å². The van der Waals surface area contributed by atoms with Gasteiger partial charge in [-0.05, 0) is 43.4 Å². The number of esters is 4. The van der Waals surface area contributed by atoms with Gasteiger partial charge in [0.05, 0.1) is 26.4 Å². The highest BCUT2D eigenvalue weighted by molar-refractivity contribution is 7.47. The van der Waals surface area contributed by atoms with Crippen molar-refractivity contribution in [2.75, 3.05) is 39.6 Å². The molecule has 0 rings (SSSR count). The summed E-state index contributed by atoms with van der Waals surface area (Å²) in [6.07, 6.45) is 58.1. The molecule has 0 saturated carbocycles. The van der Waals surface area contributed by atoms with Crippen LogP contribution in [0.4, 0.5) is 0 Å². The van der Waals surface area contributed by atoms with Crippen molar-refractivity contribution in [2.24, 2.45) is 17.8 Å². The third-order valence-electron chi connectivity index (χ3n) is 19.0. The second-order valence-electron chi connectivity index (χ2n) is 30.0. The Kier molecular flexibility index (Phi) is 69.0. The van der Waals surface area contributed by atoms with Gasteiger partial charge in [0.25, 0.3) is 0 Å². The lowest BCUT2D eigenvalue weighted by atomic mass is 9.99. The standard InChI is InChI=1S/C80H156O17P2/c1-8-10-11-12-13-14-15-16-17-21-24-33-40-47-54-61-77(82)90-67-75(96-79(84)63-56-49-42-35-25-22-19-18-20-23-32-39-46-53-60-73(7)9-2)69-94-98(86,87)92-65-74(81)66-93-99(88,89)95-70-76(97-80(85)64-57-50-43-36-29-27-31-38-45-52-59-72(5)6)68-91-78(83)62-55-48-41-34-28-26-30-37-44-51-58-71(3)4/h71-76,81H,8-70H2,1-7H3,(H,86,87)(H,88,89)/t73?,74-,75-,76-/m1/s1. The number of ether oxygens (including phenoxy) is 4. The predicted molar refractivity (Wildman–Crippen MR) is 405 cm³/mol. The Morgan fingerprint density at radius 2 is 0.515 bits per heavy atom. The Morgan fingerprint density at radius 1 is 0.293 bits per heavy atom. The van der Waals surface area contributed by atoms with E-state index < -0.39 is 97.5 Å². The van der Waals surface area contributed by atoms with E-state index in [2.05, 4.69) is 48.5 Å². The summed E-state index contributed by atoms with van der Waals surface area (Å²) in [6, 6.07) is 0. The minimum atomic E-state index is -4.96. The van der Waals surface area contributed by atoms with Crippen LogP contribution >= 0.6 is 15.6 Å². The molecule has 3 N–H and O–H groups in total. The zero-order valence-corrected chi connectivity index (χ0v) is 66.8. The Labute approximate surface area is 607 Å². The van der Waals surface area contributed by atoms with E-state index in [1.165, 1.54) is 225 Å². The second kappa shape index (κ2) is 70.4. The molecule has 0 fully saturated rings. The minimum Gasteiger partial charge on any atom is -0.462 e. The molecule has 0 saturated heterocycles. The van der Waals surface area contributed by atoms with Crippen LogP contribution in [0.25, 0.3) is 0 Å². The summed E-state index contributed by atoms with van der Waals surface area (Å²) in [5, 5.41) is 10.6. The first-order valence-electron chi connectivity index (χ1n) is 41.4. The van der Waals surface area contributed by atoms with Crippen molar-refractivity contribution in [3.8, 4) is 0 Å². The topological polar surface area (TPSA) is 237 Å². The number of aliphatic hydroxyl groups is 1. The minimum absolute atomic E-state index is 0.106. The number of hydrogen-bond donors (Lipinski definition) is 3. The van der Waals surface area contributed by atoms with Gasteiger partial charge in [-0.2, -0.15) is 0 Å². The molecule has 3 unspecified atom stereocenters. The SMILES string of the molecule is CCCCCCCCCCCCCCCCCC(=O)OC[C@H](COP(=O)(O)OC[C@@H](O)COP(=O)(O)OC[C@@H](COC(=O)CCCCCCCCCCCCC(C)C)OC(=O)CCCCCCCCCCCCC(C)C)OC(=O)CCCCCCCCCCCCCCCCC(C)CC. The molecule has 0 amide bonds. The third-order valence-corrected chi connectivity index (χ3v) is 20.9. The Balaban J connectivity index is 5.27. The Hall–Kier alpha value is -1.94. The fraction of sp³-hybridized carbons (Fsp3) is 0.950. The highest BCUT2D eigenvalue weighted by Gasteiger charge is 2.30. The predicted octanol–water partition coefficient (Wildman–Crippen LogP) is 23.7. The maximum atomic E-state index is 13.1. The van der Waals surface area contributed by atoms with Crippen molar-refractivity contribution < 1.29 is 80.2 Å². The van der Waals surface area contributed by atoms with Crippen molar-refractivity contribution >= 4 is 39.5 Å². The molecule has 0 aromatic heterocycles. The third kappa shape index (κ3) is 72.8. The molecular formula is C80H156O17P2. The number of aliphatic hydroxyl groups excluding tert-OH is 1. The normalized spacial score (nSPS) is 14.3. The zero-order valence-electron chi connectivity index (χ0n) is 65.0. The maximum Gasteiger partial charge on any atom is 0.472 e. The number of rotatable bonds is 78. The van der Waals surface area contributed by atoms with E-state index in [0.29, 0.717) is 25.7 Å². The fourth-order valence-corrected chi connectivity index (χ4v) is 13.9. The van der Waals surface area contributed by atoms with E-state index >= 15 is 0 Å². The van der Waals surface area contributed by atoms with Gasteiger partial charge in [0.2, 0.25) is 0 Å². The van der Waals surface area contributed by atoms with Gasteiger partial charge >= 0.3 is 39.5 Å². The molecule has 99 heavy (non-hydrogen) atoms. The van der Waals surface area contributed by atoms with Crippen molar-refractivity contribution in [1.82, 2.24) is 0 Å². The molecule has 0 aromatic rings. The first kappa shape index (κ1) is 97.1. The molecule has 0 bridgehead atoms. The van der Waals surface area contributed by atoms with Crippen LogP contribution in [-0.2, 0) is 65.4 Å². The van der Waals surface area contributed by atoms with Gasteiger partial charge in [-0.1, -0.05) is 363 Å². The number of phosphoric ester groups is 2. The molecule has 0 aliphatic carbocycles. The Bertz CT molecular complexity index is 1920. The molecular weight excluding hydrogens is 1290 g/mol.